The number of hydrogen-bond donors (Lipinski definition) is 0. The lowest BCUT2D eigenvalue weighted by atomic mass is 9.72. The molecule has 7 rings (SSSR count). The molecule has 0 heterocycles. The molecule has 5 nitrogen and oxygen atoms in total. The lowest BCUT2D eigenvalue weighted by Gasteiger charge is -2.30. The normalized spacial score (nSPS) is 10.2. The van der Waals surface area contributed by atoms with Crippen molar-refractivity contribution in [2.45, 2.75) is 0 Å². The highest BCUT2D eigenvalue weighted by Gasteiger charge is 2.32. The fourth-order valence-corrected chi connectivity index (χ4v) is 6.98. The highest BCUT2D eigenvalue weighted by molar-refractivity contribution is 6.17. The molecule has 0 aliphatic carbocycles. The Balaban J connectivity index is 1.96. The van der Waals surface area contributed by atoms with E-state index >= 15 is 0 Å². The van der Waals surface area contributed by atoms with Gasteiger partial charge in [0, 0.05) is 44.5 Å². The van der Waals surface area contributed by atoms with Gasteiger partial charge >= 0.3 is 0 Å². The molecule has 5 heteroatoms. The summed E-state index contributed by atoms with van der Waals surface area (Å²) < 4.78 is 0. The van der Waals surface area contributed by atoms with E-state index in [2.05, 4.69) is 30.3 Å². The van der Waals surface area contributed by atoms with Gasteiger partial charge in [-0.15, -0.1) is 0 Å². The molecular weight excluding hydrogens is 635 g/mol. The number of benzene rings is 7. The zero-order valence-corrected chi connectivity index (χ0v) is 27.7. The quantitative estimate of drug-likeness (QED) is 0.176. The van der Waals surface area contributed by atoms with Crippen molar-refractivity contribution in [2.24, 2.45) is 0 Å². The first-order chi connectivity index (χ1) is 25.6. The van der Waals surface area contributed by atoms with Crippen LogP contribution in [0.1, 0.15) is 27.8 Å². The highest BCUT2D eigenvalue weighted by Crippen LogP contribution is 2.57. The Morgan fingerprint density at radius 3 is 0.692 bits per heavy atom. The largest absolute Gasteiger partial charge is 0.192 e. The van der Waals surface area contributed by atoms with E-state index < -0.39 is 0 Å². The molecule has 0 unspecified atom stereocenters. The van der Waals surface area contributed by atoms with Crippen LogP contribution in [0.5, 0.6) is 0 Å². The molecular formula is C47H25N5. The van der Waals surface area contributed by atoms with Crippen molar-refractivity contribution in [3.63, 3.8) is 0 Å². The Hall–Kier alpha value is -8.01. The number of nitrogens with zero attached hydrogens (tertiary/aromatic N) is 5. The van der Waals surface area contributed by atoms with Gasteiger partial charge in [-0.1, -0.05) is 121 Å². The monoisotopic (exact) mass is 659 g/mol. The van der Waals surface area contributed by atoms with Crippen molar-refractivity contribution in [2.75, 3.05) is 0 Å². The van der Waals surface area contributed by atoms with Gasteiger partial charge in [0.05, 0.1) is 58.2 Å². The van der Waals surface area contributed by atoms with Gasteiger partial charge in [-0.2, -0.15) is 26.3 Å². The predicted molar refractivity (Wildman–Crippen MR) is 203 cm³/mol. The fraction of sp³-hybridized carbons (Fsp3) is 0. The van der Waals surface area contributed by atoms with Crippen LogP contribution in [0.4, 0.5) is 0 Å². The minimum atomic E-state index is 0.375. The summed E-state index contributed by atoms with van der Waals surface area (Å²) in [6.07, 6.45) is 0. The second kappa shape index (κ2) is 14.2. The van der Waals surface area contributed by atoms with Gasteiger partial charge in [-0.05, 0) is 52.6 Å². The van der Waals surface area contributed by atoms with Gasteiger partial charge in [0.2, 0.25) is 0 Å². The summed E-state index contributed by atoms with van der Waals surface area (Å²) in [5.41, 5.74) is 9.52. The van der Waals surface area contributed by atoms with Crippen LogP contribution in [0.2, 0.25) is 0 Å². The first kappa shape index (κ1) is 32.5. The van der Waals surface area contributed by atoms with E-state index in [9.17, 15) is 26.3 Å². The summed E-state index contributed by atoms with van der Waals surface area (Å²) in [7, 11) is 0. The van der Waals surface area contributed by atoms with Crippen LogP contribution >= 0.6 is 0 Å². The number of nitriles is 5. The second-order valence-corrected chi connectivity index (χ2v) is 11.9. The Kier molecular flexibility index (Phi) is 8.90. The third-order valence-corrected chi connectivity index (χ3v) is 9.15. The Labute approximate surface area is 302 Å². The van der Waals surface area contributed by atoms with E-state index in [0.29, 0.717) is 89.0 Å². The predicted octanol–water partition coefficient (Wildman–Crippen LogP) is 11.0. The van der Waals surface area contributed by atoms with Crippen molar-refractivity contribution in [3.05, 3.63) is 179 Å². The van der Waals surface area contributed by atoms with Gasteiger partial charge in [0.25, 0.3) is 0 Å². The van der Waals surface area contributed by atoms with Crippen LogP contribution in [0, 0.1) is 56.7 Å². The molecule has 0 fully saturated rings. The van der Waals surface area contributed by atoms with E-state index in [1.54, 1.807) is 48.5 Å². The maximum Gasteiger partial charge on any atom is 0.0998 e. The molecule has 238 valence electrons. The molecule has 0 saturated heterocycles. The van der Waals surface area contributed by atoms with Gasteiger partial charge in [0.1, 0.15) is 0 Å². The molecule has 7 aromatic rings. The van der Waals surface area contributed by atoms with Gasteiger partial charge < -0.3 is 0 Å². The first-order valence-corrected chi connectivity index (χ1v) is 16.4. The third kappa shape index (κ3) is 5.53. The fourth-order valence-electron chi connectivity index (χ4n) is 6.98. The summed E-state index contributed by atoms with van der Waals surface area (Å²) in [6.45, 7) is 0. The Bertz CT molecular complexity index is 2600. The molecule has 0 aliphatic rings. The molecule has 0 amide bonds. The van der Waals surface area contributed by atoms with E-state index in [4.69, 9.17) is 0 Å². The SMILES string of the molecule is N#Cc1ccccc1-c1c(-c2ccccc2)c(-c2ccccc2C#N)c(-c2ccccc2C#N)c(-c2ccccc2C#N)c1-c1ccccc1C#N. The molecule has 0 spiro atoms. The van der Waals surface area contributed by atoms with Crippen molar-refractivity contribution in [1.82, 2.24) is 0 Å². The van der Waals surface area contributed by atoms with E-state index in [1.807, 2.05) is 103 Å². The molecule has 0 radical (unpaired) electrons. The first-order valence-electron chi connectivity index (χ1n) is 16.4. The van der Waals surface area contributed by atoms with Crippen LogP contribution < -0.4 is 0 Å². The summed E-state index contributed by atoms with van der Waals surface area (Å²) in [4.78, 5) is 0. The molecule has 52 heavy (non-hydrogen) atoms. The summed E-state index contributed by atoms with van der Waals surface area (Å²) in [6, 6.07) is 58.2. The van der Waals surface area contributed by atoms with Crippen LogP contribution in [0.25, 0.3) is 66.8 Å². The topological polar surface area (TPSA) is 119 Å². The lowest BCUT2D eigenvalue weighted by Crippen LogP contribution is -2.05. The average Bonchev–Trinajstić information content (AvgIpc) is 3.22. The van der Waals surface area contributed by atoms with Gasteiger partial charge in [0.15, 0.2) is 0 Å². The van der Waals surface area contributed by atoms with Crippen LogP contribution in [0.15, 0.2) is 152 Å². The van der Waals surface area contributed by atoms with Gasteiger partial charge in [-0.25, -0.2) is 0 Å². The maximum atomic E-state index is 10.6. The van der Waals surface area contributed by atoms with Crippen molar-refractivity contribution >= 4 is 0 Å². The van der Waals surface area contributed by atoms with Crippen molar-refractivity contribution < 1.29 is 0 Å². The van der Waals surface area contributed by atoms with Crippen LogP contribution in [0.3, 0.4) is 0 Å². The third-order valence-electron chi connectivity index (χ3n) is 9.15. The maximum absolute atomic E-state index is 10.6. The molecule has 0 aliphatic heterocycles. The summed E-state index contributed by atoms with van der Waals surface area (Å²) >= 11 is 0. The smallest absolute Gasteiger partial charge is 0.0998 e. The molecule has 0 bridgehead atoms. The zero-order chi connectivity index (χ0) is 36.0. The van der Waals surface area contributed by atoms with Crippen LogP contribution in [-0.2, 0) is 0 Å². The number of hydrogen-bond acceptors (Lipinski definition) is 5. The highest BCUT2D eigenvalue weighted by atomic mass is 14.4. The molecule has 7 aromatic carbocycles. The molecule has 0 aromatic heterocycles. The minimum Gasteiger partial charge on any atom is -0.192 e. The minimum absolute atomic E-state index is 0.375. The number of rotatable bonds is 6. The van der Waals surface area contributed by atoms with Crippen molar-refractivity contribution in [3.8, 4) is 97.1 Å². The van der Waals surface area contributed by atoms with E-state index in [0.717, 1.165) is 5.56 Å². The molecule has 0 saturated carbocycles. The van der Waals surface area contributed by atoms with E-state index in [-0.39, 0.29) is 0 Å². The lowest BCUT2D eigenvalue weighted by molar-refractivity contribution is 1.43. The van der Waals surface area contributed by atoms with Crippen molar-refractivity contribution in [1.29, 1.82) is 26.3 Å². The van der Waals surface area contributed by atoms with Crippen LogP contribution in [-0.4, -0.2) is 0 Å². The average molecular weight is 660 g/mol. The summed E-state index contributed by atoms with van der Waals surface area (Å²) in [5, 5.41) is 53.1. The molecule has 0 atom stereocenters. The Morgan fingerprint density at radius 1 is 0.231 bits per heavy atom. The standard InChI is InChI=1S/C47H25N5/c48-26-32-16-4-9-21-37(32)43-42(31-14-2-1-3-15-31)44(38-22-10-5-17-33(38)27-49)46(40-24-12-7-19-35(40)29-51)47(41-25-13-8-20-36(41)30-52)45(43)39-23-11-6-18-34(39)28-50/h1-25H. The van der Waals surface area contributed by atoms with Gasteiger partial charge in [-0.3, -0.25) is 0 Å². The Morgan fingerprint density at radius 2 is 0.442 bits per heavy atom. The van der Waals surface area contributed by atoms with E-state index in [1.165, 1.54) is 0 Å². The molecule has 0 N–H and O–H groups in total. The second-order valence-electron chi connectivity index (χ2n) is 11.9. The zero-order valence-electron chi connectivity index (χ0n) is 27.7. The summed E-state index contributed by atoms with van der Waals surface area (Å²) in [5.74, 6) is 0.